The van der Waals surface area contributed by atoms with Gasteiger partial charge in [0.25, 0.3) is 5.91 Å². The maximum Gasteiger partial charge on any atom is 0.409 e. The predicted octanol–water partition coefficient (Wildman–Crippen LogP) is 2.70. The lowest BCUT2D eigenvalue weighted by Crippen LogP contribution is -2.51. The zero-order valence-corrected chi connectivity index (χ0v) is 20.5. The number of nitrogens with zero attached hydrogens (tertiary/aromatic N) is 3. The number of benzene rings is 2. The minimum Gasteiger partial charge on any atom is -0.494 e. The van der Waals surface area contributed by atoms with E-state index < -0.39 is 16.5 Å². The molecular formula is C25H27ClN5O5+. The highest BCUT2D eigenvalue weighted by atomic mass is 35.5. The van der Waals surface area contributed by atoms with E-state index in [1.807, 2.05) is 30.3 Å². The van der Waals surface area contributed by atoms with Crippen LogP contribution in [-0.4, -0.2) is 65.6 Å². The number of quaternary nitrogens is 1. The molecular weight excluding hydrogens is 486 g/mol. The van der Waals surface area contributed by atoms with Crippen molar-refractivity contribution in [2.45, 2.75) is 13.3 Å². The molecule has 0 spiro atoms. The lowest BCUT2D eigenvalue weighted by molar-refractivity contribution is -1.01. The summed E-state index contributed by atoms with van der Waals surface area (Å²) in [5.41, 5.74) is 2.01. The van der Waals surface area contributed by atoms with Gasteiger partial charge in [-0.15, -0.1) is 0 Å². The fourth-order valence-corrected chi connectivity index (χ4v) is 4.11. The molecule has 36 heavy (non-hydrogen) atoms. The summed E-state index contributed by atoms with van der Waals surface area (Å²) in [6.07, 6.45) is 0.862. The first-order valence-electron chi connectivity index (χ1n) is 11.6. The van der Waals surface area contributed by atoms with Gasteiger partial charge in [0.1, 0.15) is 5.75 Å². The molecule has 1 fully saturated rings. The van der Waals surface area contributed by atoms with Gasteiger partial charge >= 0.3 is 12.4 Å². The van der Waals surface area contributed by atoms with E-state index in [9.17, 15) is 14.4 Å². The first-order valence-corrected chi connectivity index (χ1v) is 11.9. The second kappa shape index (κ2) is 11.3. The zero-order valence-electron chi connectivity index (χ0n) is 19.8. The standard InChI is InChI=1S/C25H26ClN5O5/c1-2-27-10-5-11-35-21-9-3-6-18(12-21)23-14-22(29-30(23)20-8-4-7-19(26)13-20)25(34)31(36-17-32)15-24(33)28-16-31/h3-4,6-9,12-14,17,27H,2,5,10-11,15-16H2,1H3/p+1. The number of hydrogen-bond acceptors (Lipinski definition) is 7. The molecule has 1 aliphatic rings. The van der Waals surface area contributed by atoms with Crippen LogP contribution in [0, 0.1) is 0 Å². The Hall–Kier alpha value is -3.73. The highest BCUT2D eigenvalue weighted by molar-refractivity contribution is 6.30. The highest BCUT2D eigenvalue weighted by Gasteiger charge is 2.49. The molecule has 0 saturated carbocycles. The van der Waals surface area contributed by atoms with E-state index in [1.54, 1.807) is 28.9 Å². The molecule has 0 aliphatic carbocycles. The average Bonchev–Trinajstić information content (AvgIpc) is 3.49. The molecule has 3 aromatic rings. The molecule has 0 bridgehead atoms. The lowest BCUT2D eigenvalue weighted by Gasteiger charge is -2.22. The van der Waals surface area contributed by atoms with Gasteiger partial charge in [0.2, 0.25) is 13.2 Å². The molecule has 1 atom stereocenters. The summed E-state index contributed by atoms with van der Waals surface area (Å²) >= 11 is 6.22. The Morgan fingerprint density at radius 3 is 2.81 bits per heavy atom. The summed E-state index contributed by atoms with van der Waals surface area (Å²) in [6.45, 7) is 4.04. The third kappa shape index (κ3) is 5.56. The van der Waals surface area contributed by atoms with E-state index in [1.165, 1.54) is 0 Å². The van der Waals surface area contributed by atoms with E-state index in [0.717, 1.165) is 25.1 Å². The van der Waals surface area contributed by atoms with Crippen LogP contribution < -0.4 is 15.4 Å². The Morgan fingerprint density at radius 1 is 1.25 bits per heavy atom. The van der Waals surface area contributed by atoms with Crippen LogP contribution in [-0.2, 0) is 14.4 Å². The maximum absolute atomic E-state index is 13.5. The second-order valence-corrected chi connectivity index (χ2v) is 8.64. The van der Waals surface area contributed by atoms with Crippen LogP contribution in [0.4, 0.5) is 0 Å². The number of carbonyl (C=O) groups is 3. The van der Waals surface area contributed by atoms with Crippen molar-refractivity contribution < 1.29 is 28.6 Å². The molecule has 1 aliphatic heterocycles. The summed E-state index contributed by atoms with van der Waals surface area (Å²) in [4.78, 5) is 41.6. The smallest absolute Gasteiger partial charge is 0.409 e. The van der Waals surface area contributed by atoms with E-state index >= 15 is 0 Å². The van der Waals surface area contributed by atoms with Crippen LogP contribution in [0.3, 0.4) is 0 Å². The van der Waals surface area contributed by atoms with Crippen molar-refractivity contribution in [2.75, 3.05) is 32.9 Å². The molecule has 1 saturated heterocycles. The molecule has 1 aromatic heterocycles. The van der Waals surface area contributed by atoms with Gasteiger partial charge < -0.3 is 15.4 Å². The van der Waals surface area contributed by atoms with E-state index in [4.69, 9.17) is 21.2 Å². The second-order valence-electron chi connectivity index (χ2n) is 8.20. The first-order chi connectivity index (χ1) is 17.5. The Labute approximate surface area is 213 Å². The summed E-state index contributed by atoms with van der Waals surface area (Å²) in [5, 5.41) is 10.8. The number of ether oxygens (including phenoxy) is 1. The molecule has 4 rings (SSSR count). The van der Waals surface area contributed by atoms with E-state index in [0.29, 0.717) is 28.8 Å². The van der Waals surface area contributed by atoms with Crippen molar-refractivity contribution in [1.29, 1.82) is 0 Å². The normalized spacial score (nSPS) is 17.0. The van der Waals surface area contributed by atoms with Gasteiger partial charge in [-0.2, -0.15) is 5.10 Å². The number of halogens is 1. The van der Waals surface area contributed by atoms with Crippen LogP contribution in [0.15, 0.2) is 54.6 Å². The maximum atomic E-state index is 13.5. The quantitative estimate of drug-likeness (QED) is 0.231. The minimum atomic E-state index is -0.844. The van der Waals surface area contributed by atoms with Gasteiger partial charge in [-0.3, -0.25) is 9.63 Å². The summed E-state index contributed by atoms with van der Waals surface area (Å²) in [6, 6.07) is 16.1. The summed E-state index contributed by atoms with van der Waals surface area (Å²) in [5.74, 6) is -0.352. The molecule has 1 unspecified atom stereocenters. The Morgan fingerprint density at radius 2 is 2.08 bits per heavy atom. The van der Waals surface area contributed by atoms with Crippen molar-refractivity contribution in [3.63, 3.8) is 0 Å². The molecule has 10 nitrogen and oxygen atoms in total. The molecule has 11 heteroatoms. The van der Waals surface area contributed by atoms with Crippen molar-refractivity contribution in [2.24, 2.45) is 0 Å². The Bertz CT molecular complexity index is 1260. The lowest BCUT2D eigenvalue weighted by atomic mass is 10.1. The summed E-state index contributed by atoms with van der Waals surface area (Å²) in [7, 11) is 0. The Balaban J connectivity index is 1.71. The molecule has 2 aromatic carbocycles. The molecule has 188 valence electrons. The number of rotatable bonds is 11. The van der Waals surface area contributed by atoms with Crippen molar-refractivity contribution in [1.82, 2.24) is 20.4 Å². The number of hydroxylamine groups is 3. The number of hydrogen-bond donors (Lipinski definition) is 2. The monoisotopic (exact) mass is 512 g/mol. The minimum absolute atomic E-state index is 0.0280. The van der Waals surface area contributed by atoms with Gasteiger partial charge in [-0.25, -0.2) is 14.3 Å². The van der Waals surface area contributed by atoms with Crippen LogP contribution >= 0.6 is 11.6 Å². The Kier molecular flexibility index (Phi) is 7.99. The van der Waals surface area contributed by atoms with Gasteiger partial charge in [-0.05, 0) is 54.5 Å². The third-order valence-electron chi connectivity index (χ3n) is 5.67. The van der Waals surface area contributed by atoms with Crippen molar-refractivity contribution >= 4 is 29.9 Å². The van der Waals surface area contributed by atoms with Gasteiger partial charge in [-0.1, -0.05) is 36.7 Å². The average molecular weight is 513 g/mol. The van der Waals surface area contributed by atoms with E-state index in [-0.39, 0.29) is 25.4 Å². The summed E-state index contributed by atoms with van der Waals surface area (Å²) < 4.78 is 6.65. The van der Waals surface area contributed by atoms with Gasteiger partial charge in [0.15, 0.2) is 5.69 Å². The fourth-order valence-electron chi connectivity index (χ4n) is 3.92. The van der Waals surface area contributed by atoms with Gasteiger partial charge in [0, 0.05) is 16.7 Å². The topological polar surface area (TPSA) is 112 Å². The van der Waals surface area contributed by atoms with E-state index in [2.05, 4.69) is 22.7 Å². The van der Waals surface area contributed by atoms with Crippen LogP contribution in [0.25, 0.3) is 16.9 Å². The molecule has 0 radical (unpaired) electrons. The fraction of sp³-hybridized carbons (Fsp3) is 0.280. The van der Waals surface area contributed by atoms with Crippen LogP contribution in [0.1, 0.15) is 23.8 Å². The van der Waals surface area contributed by atoms with Crippen molar-refractivity contribution in [3.05, 3.63) is 65.3 Å². The number of amides is 2. The van der Waals surface area contributed by atoms with Crippen LogP contribution in [0.5, 0.6) is 5.75 Å². The number of nitrogens with one attached hydrogen (secondary N) is 2. The van der Waals surface area contributed by atoms with Crippen LogP contribution in [0.2, 0.25) is 5.02 Å². The molecule has 2 heterocycles. The SMILES string of the molecule is CCNCCCOc1cccc(-c2cc(C(=O)[N+]3(OC=O)CNC(=O)C3)nn2-c2cccc(Cl)c2)c1. The molecule has 2 N–H and O–H groups in total. The predicted molar refractivity (Wildman–Crippen MR) is 132 cm³/mol. The van der Waals surface area contributed by atoms with Crippen molar-refractivity contribution in [3.8, 4) is 22.7 Å². The number of carbonyl (C=O) groups excluding carboxylic acids is 3. The largest absolute Gasteiger partial charge is 0.494 e. The number of aromatic nitrogens is 2. The highest BCUT2D eigenvalue weighted by Crippen LogP contribution is 2.29. The van der Waals surface area contributed by atoms with Gasteiger partial charge in [0.05, 0.1) is 18.0 Å². The first kappa shape index (κ1) is 25.4. The zero-order chi connectivity index (χ0) is 25.5. The third-order valence-corrected chi connectivity index (χ3v) is 5.91. The molecule has 2 amide bonds.